The van der Waals surface area contributed by atoms with Crippen LogP contribution in [-0.2, 0) is 0 Å². The Balaban J connectivity index is 2.34. The topological polar surface area (TPSA) is 12.0 Å². The summed E-state index contributed by atoms with van der Waals surface area (Å²) in [5.41, 5.74) is 0.391. The summed E-state index contributed by atoms with van der Waals surface area (Å²) in [6, 6.07) is 1.40. The maximum atomic E-state index is 3.83. The molecular formula is C14H29N. The first-order valence-corrected chi connectivity index (χ1v) is 6.76. The molecule has 0 radical (unpaired) electrons. The predicted molar refractivity (Wildman–Crippen MR) is 68.2 cm³/mol. The van der Waals surface area contributed by atoms with E-state index in [2.05, 4.69) is 33.0 Å². The summed E-state index contributed by atoms with van der Waals surface area (Å²) in [7, 11) is 0. The van der Waals surface area contributed by atoms with Crippen molar-refractivity contribution in [1.29, 1.82) is 0 Å². The molecule has 1 N–H and O–H groups in total. The molecule has 1 atom stereocenters. The van der Waals surface area contributed by atoms with Crippen molar-refractivity contribution in [3.63, 3.8) is 0 Å². The van der Waals surface area contributed by atoms with Gasteiger partial charge in [0.25, 0.3) is 0 Å². The summed E-state index contributed by atoms with van der Waals surface area (Å²) in [5.74, 6) is 0. The Morgan fingerprint density at radius 2 is 1.40 bits per heavy atom. The van der Waals surface area contributed by atoms with Crippen molar-refractivity contribution in [2.75, 3.05) is 0 Å². The number of hydrogen-bond donors (Lipinski definition) is 1. The lowest BCUT2D eigenvalue weighted by Gasteiger charge is -2.33. The van der Waals surface area contributed by atoms with Gasteiger partial charge in [0.2, 0.25) is 0 Å². The van der Waals surface area contributed by atoms with E-state index in [0.29, 0.717) is 11.5 Å². The summed E-state index contributed by atoms with van der Waals surface area (Å²) >= 11 is 0. The molecule has 0 aromatic rings. The molecule has 1 unspecified atom stereocenters. The first-order valence-electron chi connectivity index (χ1n) is 6.76. The fraction of sp³-hybridized carbons (Fsp3) is 1.00. The molecule has 1 rings (SSSR count). The van der Waals surface area contributed by atoms with Crippen LogP contribution in [0.15, 0.2) is 0 Å². The van der Waals surface area contributed by atoms with E-state index in [9.17, 15) is 0 Å². The van der Waals surface area contributed by atoms with Crippen LogP contribution in [-0.4, -0.2) is 12.1 Å². The van der Waals surface area contributed by atoms with Crippen molar-refractivity contribution >= 4 is 0 Å². The molecule has 0 aromatic heterocycles. The molecule has 0 saturated heterocycles. The minimum atomic E-state index is 0.391. The Labute approximate surface area is 96.0 Å². The second-order valence-electron chi connectivity index (χ2n) is 6.30. The smallest absolute Gasteiger partial charge is 0.00898 e. The van der Waals surface area contributed by atoms with Gasteiger partial charge < -0.3 is 5.32 Å². The van der Waals surface area contributed by atoms with Gasteiger partial charge in [-0.15, -0.1) is 0 Å². The zero-order valence-electron chi connectivity index (χ0n) is 11.1. The number of hydrogen-bond acceptors (Lipinski definition) is 1. The standard InChI is InChI=1S/C14H29N/c1-12(14(2,3)4)15-13-10-8-6-5-7-9-11-13/h12-13,15H,5-11H2,1-4H3. The average Bonchev–Trinajstić information content (AvgIpc) is 2.07. The molecule has 15 heavy (non-hydrogen) atoms. The van der Waals surface area contributed by atoms with Gasteiger partial charge in [-0.3, -0.25) is 0 Å². The van der Waals surface area contributed by atoms with Crippen molar-refractivity contribution < 1.29 is 0 Å². The molecule has 0 heterocycles. The Morgan fingerprint density at radius 3 is 1.87 bits per heavy atom. The van der Waals surface area contributed by atoms with Gasteiger partial charge >= 0.3 is 0 Å². The van der Waals surface area contributed by atoms with E-state index in [1.807, 2.05) is 0 Å². The van der Waals surface area contributed by atoms with Gasteiger partial charge in [0.1, 0.15) is 0 Å². The molecule has 0 aliphatic heterocycles. The molecule has 0 bridgehead atoms. The molecule has 0 aromatic carbocycles. The fourth-order valence-electron chi connectivity index (χ4n) is 2.23. The van der Waals surface area contributed by atoms with Crippen molar-refractivity contribution in [3.05, 3.63) is 0 Å². The Bertz CT molecular complexity index is 161. The van der Waals surface area contributed by atoms with Gasteiger partial charge in [-0.2, -0.15) is 0 Å². The third-order valence-corrected chi connectivity index (χ3v) is 3.89. The summed E-state index contributed by atoms with van der Waals surface area (Å²) < 4.78 is 0. The van der Waals surface area contributed by atoms with Crippen LogP contribution in [0, 0.1) is 5.41 Å². The second kappa shape index (κ2) is 5.89. The van der Waals surface area contributed by atoms with E-state index in [1.165, 1.54) is 44.9 Å². The highest BCUT2D eigenvalue weighted by molar-refractivity contribution is 4.81. The van der Waals surface area contributed by atoms with E-state index >= 15 is 0 Å². The summed E-state index contributed by atoms with van der Waals surface area (Å²) in [6.45, 7) is 9.31. The predicted octanol–water partition coefficient (Wildman–Crippen LogP) is 4.12. The monoisotopic (exact) mass is 211 g/mol. The highest BCUT2D eigenvalue weighted by atomic mass is 15.0. The van der Waals surface area contributed by atoms with Crippen LogP contribution in [0.4, 0.5) is 0 Å². The minimum absolute atomic E-state index is 0.391. The van der Waals surface area contributed by atoms with Gasteiger partial charge in [-0.25, -0.2) is 0 Å². The molecule has 1 aliphatic carbocycles. The van der Waals surface area contributed by atoms with Crippen LogP contribution in [0.1, 0.15) is 72.6 Å². The van der Waals surface area contributed by atoms with E-state index < -0.39 is 0 Å². The van der Waals surface area contributed by atoms with Crippen LogP contribution in [0.5, 0.6) is 0 Å². The minimum Gasteiger partial charge on any atom is -0.311 e. The quantitative estimate of drug-likeness (QED) is 0.724. The summed E-state index contributed by atoms with van der Waals surface area (Å²) in [5, 5.41) is 3.83. The van der Waals surface area contributed by atoms with Crippen LogP contribution >= 0.6 is 0 Å². The molecule has 1 aliphatic rings. The van der Waals surface area contributed by atoms with Crippen LogP contribution in [0.3, 0.4) is 0 Å². The summed E-state index contributed by atoms with van der Waals surface area (Å²) in [6.07, 6.45) is 9.98. The van der Waals surface area contributed by atoms with Crippen molar-refractivity contribution in [3.8, 4) is 0 Å². The third kappa shape index (κ3) is 5.01. The van der Waals surface area contributed by atoms with Crippen LogP contribution < -0.4 is 5.32 Å². The van der Waals surface area contributed by atoms with Gasteiger partial charge in [-0.05, 0) is 25.2 Å². The number of rotatable bonds is 2. The second-order valence-corrected chi connectivity index (χ2v) is 6.30. The molecule has 1 saturated carbocycles. The van der Waals surface area contributed by atoms with Crippen molar-refractivity contribution in [1.82, 2.24) is 5.32 Å². The third-order valence-electron chi connectivity index (χ3n) is 3.89. The lowest BCUT2D eigenvalue weighted by Crippen LogP contribution is -2.44. The fourth-order valence-corrected chi connectivity index (χ4v) is 2.23. The Morgan fingerprint density at radius 1 is 0.933 bits per heavy atom. The lowest BCUT2D eigenvalue weighted by atomic mass is 9.86. The van der Waals surface area contributed by atoms with Gasteiger partial charge in [0, 0.05) is 12.1 Å². The highest BCUT2D eigenvalue weighted by Crippen LogP contribution is 2.22. The Hall–Kier alpha value is -0.0400. The van der Waals surface area contributed by atoms with Gasteiger partial charge in [0.05, 0.1) is 0 Å². The van der Waals surface area contributed by atoms with E-state index in [4.69, 9.17) is 0 Å². The highest BCUT2D eigenvalue weighted by Gasteiger charge is 2.22. The maximum absolute atomic E-state index is 3.83. The zero-order valence-corrected chi connectivity index (χ0v) is 11.1. The van der Waals surface area contributed by atoms with Crippen molar-refractivity contribution in [2.24, 2.45) is 5.41 Å². The van der Waals surface area contributed by atoms with Gasteiger partial charge in [0.15, 0.2) is 0 Å². The van der Waals surface area contributed by atoms with Crippen LogP contribution in [0.2, 0.25) is 0 Å². The van der Waals surface area contributed by atoms with Gasteiger partial charge in [-0.1, -0.05) is 52.9 Å². The largest absolute Gasteiger partial charge is 0.311 e. The lowest BCUT2D eigenvalue weighted by molar-refractivity contribution is 0.244. The molecule has 0 amide bonds. The first-order chi connectivity index (χ1) is 7.00. The normalized spacial score (nSPS) is 23.2. The Kier molecular flexibility index (Phi) is 5.11. The van der Waals surface area contributed by atoms with E-state index in [1.54, 1.807) is 0 Å². The summed E-state index contributed by atoms with van der Waals surface area (Å²) in [4.78, 5) is 0. The molecule has 0 spiro atoms. The van der Waals surface area contributed by atoms with Crippen molar-refractivity contribution in [2.45, 2.75) is 84.7 Å². The molecule has 1 nitrogen and oxygen atoms in total. The molecule has 1 heteroatoms. The SMILES string of the molecule is CC(NC1CCCCCCC1)C(C)(C)C. The molecule has 1 fully saturated rings. The van der Waals surface area contributed by atoms with E-state index in [0.717, 1.165) is 6.04 Å². The zero-order chi connectivity index (χ0) is 11.3. The first kappa shape index (κ1) is 13.0. The van der Waals surface area contributed by atoms with Crippen LogP contribution in [0.25, 0.3) is 0 Å². The molecular weight excluding hydrogens is 182 g/mol. The maximum Gasteiger partial charge on any atom is 0.00898 e. The number of nitrogens with one attached hydrogen (secondary N) is 1. The average molecular weight is 211 g/mol. The van der Waals surface area contributed by atoms with E-state index in [-0.39, 0.29) is 0 Å². The molecule has 90 valence electrons.